The van der Waals surface area contributed by atoms with Crippen LogP contribution in [-0.4, -0.2) is 21.4 Å². The number of amides is 1. The lowest BCUT2D eigenvalue weighted by atomic mass is 10.2. The summed E-state index contributed by atoms with van der Waals surface area (Å²) < 4.78 is 5.56. The Kier molecular flexibility index (Phi) is 5.40. The molecule has 0 bridgehead atoms. The van der Waals surface area contributed by atoms with Crippen LogP contribution in [0.3, 0.4) is 0 Å². The molecular weight excluding hydrogens is 358 g/mol. The first-order valence-corrected chi connectivity index (χ1v) is 8.94. The van der Waals surface area contributed by atoms with E-state index < -0.39 is 0 Å². The van der Waals surface area contributed by atoms with E-state index in [1.54, 1.807) is 36.0 Å². The van der Waals surface area contributed by atoms with Crippen LogP contribution in [0.4, 0.5) is 6.01 Å². The highest BCUT2D eigenvalue weighted by molar-refractivity contribution is 7.99. The van der Waals surface area contributed by atoms with Gasteiger partial charge in [0, 0.05) is 26.3 Å². The number of thioether (sulfide) groups is 1. The first kappa shape index (κ1) is 17.5. The summed E-state index contributed by atoms with van der Waals surface area (Å²) in [5.74, 6) is -0.00517. The summed E-state index contributed by atoms with van der Waals surface area (Å²) >= 11 is 7.64. The fourth-order valence-corrected chi connectivity index (χ4v) is 3.25. The SMILES string of the molecule is CC(C)Sc1cccc(-c2nnc(NC(=O)c3cccc(Cl)c3)o2)c1. The highest BCUT2D eigenvalue weighted by Crippen LogP contribution is 2.28. The number of rotatable bonds is 5. The Morgan fingerprint density at radius 1 is 1.16 bits per heavy atom. The zero-order valence-corrected chi connectivity index (χ0v) is 15.3. The first-order valence-electron chi connectivity index (χ1n) is 7.69. The molecule has 0 saturated carbocycles. The number of carbonyl (C=O) groups is 1. The van der Waals surface area contributed by atoms with Gasteiger partial charge in [0.05, 0.1) is 0 Å². The number of hydrogen-bond acceptors (Lipinski definition) is 5. The Balaban J connectivity index is 1.75. The maximum atomic E-state index is 12.2. The van der Waals surface area contributed by atoms with Gasteiger partial charge >= 0.3 is 6.01 Å². The molecule has 2 aromatic carbocycles. The lowest BCUT2D eigenvalue weighted by molar-refractivity contribution is 0.102. The van der Waals surface area contributed by atoms with Gasteiger partial charge in [0.15, 0.2) is 0 Å². The smallest absolute Gasteiger partial charge is 0.322 e. The predicted molar refractivity (Wildman–Crippen MR) is 100 cm³/mol. The van der Waals surface area contributed by atoms with Crippen LogP contribution < -0.4 is 5.32 Å². The molecule has 3 aromatic rings. The van der Waals surface area contributed by atoms with Gasteiger partial charge in [-0.25, -0.2) is 0 Å². The third-order valence-corrected chi connectivity index (χ3v) is 4.42. The van der Waals surface area contributed by atoms with Crippen LogP contribution in [0.1, 0.15) is 24.2 Å². The second-order valence-electron chi connectivity index (χ2n) is 5.57. The molecular formula is C18H16ClN3O2S. The van der Waals surface area contributed by atoms with Gasteiger partial charge in [0.25, 0.3) is 5.91 Å². The standard InChI is InChI=1S/C18H16ClN3O2S/c1-11(2)25-15-8-4-6-13(10-15)17-21-22-18(24-17)20-16(23)12-5-3-7-14(19)9-12/h3-11H,1-2H3,(H,20,22,23). The lowest BCUT2D eigenvalue weighted by Gasteiger charge is -2.05. The van der Waals surface area contributed by atoms with Crippen molar-refractivity contribution in [3.63, 3.8) is 0 Å². The van der Waals surface area contributed by atoms with E-state index in [2.05, 4.69) is 29.4 Å². The van der Waals surface area contributed by atoms with Gasteiger partial charge in [-0.2, -0.15) is 0 Å². The molecule has 0 fully saturated rings. The summed E-state index contributed by atoms with van der Waals surface area (Å²) in [5, 5.41) is 11.4. The number of benzene rings is 2. The largest absolute Gasteiger partial charge is 0.403 e. The molecule has 0 aliphatic rings. The minimum absolute atomic E-state index is 0.0434. The van der Waals surface area contributed by atoms with Crippen molar-refractivity contribution in [2.45, 2.75) is 24.0 Å². The second kappa shape index (κ2) is 7.72. The Morgan fingerprint density at radius 3 is 2.72 bits per heavy atom. The van der Waals surface area contributed by atoms with Crippen LogP contribution in [0.15, 0.2) is 57.8 Å². The van der Waals surface area contributed by atoms with Crippen LogP contribution in [-0.2, 0) is 0 Å². The number of hydrogen-bond donors (Lipinski definition) is 1. The maximum absolute atomic E-state index is 12.2. The summed E-state index contributed by atoms with van der Waals surface area (Å²) in [6.07, 6.45) is 0. The van der Waals surface area contributed by atoms with Crippen LogP contribution in [0.5, 0.6) is 0 Å². The van der Waals surface area contributed by atoms with E-state index in [1.165, 1.54) is 0 Å². The minimum atomic E-state index is -0.359. The third-order valence-electron chi connectivity index (χ3n) is 3.19. The van der Waals surface area contributed by atoms with Crippen LogP contribution in [0, 0.1) is 0 Å². The van der Waals surface area contributed by atoms with Gasteiger partial charge < -0.3 is 4.42 Å². The molecule has 128 valence electrons. The molecule has 0 saturated heterocycles. The normalized spacial score (nSPS) is 10.9. The van der Waals surface area contributed by atoms with Crippen molar-refractivity contribution in [1.82, 2.24) is 10.2 Å². The van der Waals surface area contributed by atoms with Crippen LogP contribution in [0.25, 0.3) is 11.5 Å². The van der Waals surface area contributed by atoms with Gasteiger partial charge in [-0.1, -0.05) is 42.7 Å². The van der Waals surface area contributed by atoms with Crippen molar-refractivity contribution < 1.29 is 9.21 Å². The molecule has 0 aliphatic heterocycles. The van der Waals surface area contributed by atoms with Crippen molar-refractivity contribution in [2.75, 3.05) is 5.32 Å². The van der Waals surface area contributed by atoms with E-state index in [-0.39, 0.29) is 11.9 Å². The molecule has 0 aliphatic carbocycles. The average molecular weight is 374 g/mol. The number of aromatic nitrogens is 2. The summed E-state index contributed by atoms with van der Waals surface area (Å²) in [6, 6.07) is 14.5. The zero-order valence-electron chi connectivity index (χ0n) is 13.7. The minimum Gasteiger partial charge on any atom is -0.403 e. The van der Waals surface area contributed by atoms with Crippen molar-refractivity contribution in [2.24, 2.45) is 0 Å². The molecule has 0 spiro atoms. The van der Waals surface area contributed by atoms with E-state index >= 15 is 0 Å². The molecule has 1 heterocycles. The lowest BCUT2D eigenvalue weighted by Crippen LogP contribution is -2.11. The van der Waals surface area contributed by atoms with Crippen LogP contribution in [0.2, 0.25) is 5.02 Å². The summed E-state index contributed by atoms with van der Waals surface area (Å²) in [7, 11) is 0. The highest BCUT2D eigenvalue weighted by Gasteiger charge is 2.13. The fraction of sp³-hybridized carbons (Fsp3) is 0.167. The summed E-state index contributed by atoms with van der Waals surface area (Å²) in [4.78, 5) is 13.3. The van der Waals surface area contributed by atoms with Gasteiger partial charge in [-0.15, -0.1) is 16.9 Å². The predicted octanol–water partition coefficient (Wildman–Crippen LogP) is 5.14. The fourth-order valence-electron chi connectivity index (χ4n) is 2.16. The first-order chi connectivity index (χ1) is 12.0. The Bertz CT molecular complexity index is 895. The maximum Gasteiger partial charge on any atom is 0.322 e. The number of nitrogens with zero attached hydrogens (tertiary/aromatic N) is 2. The van der Waals surface area contributed by atoms with Gasteiger partial charge in [0.2, 0.25) is 5.89 Å². The Labute approximate surface area is 154 Å². The quantitative estimate of drug-likeness (QED) is 0.627. The monoisotopic (exact) mass is 373 g/mol. The number of halogens is 1. The molecule has 5 nitrogen and oxygen atoms in total. The number of nitrogens with one attached hydrogen (secondary N) is 1. The molecule has 1 aromatic heterocycles. The molecule has 3 rings (SSSR count). The third kappa shape index (κ3) is 4.61. The molecule has 25 heavy (non-hydrogen) atoms. The summed E-state index contributed by atoms with van der Waals surface area (Å²) in [6.45, 7) is 4.26. The van der Waals surface area contributed by atoms with Crippen molar-refractivity contribution in [3.05, 3.63) is 59.1 Å². The second-order valence-corrected chi connectivity index (χ2v) is 7.66. The van der Waals surface area contributed by atoms with Crippen LogP contribution >= 0.6 is 23.4 Å². The summed E-state index contributed by atoms with van der Waals surface area (Å²) in [5.41, 5.74) is 1.23. The molecule has 0 atom stereocenters. The molecule has 1 amide bonds. The van der Waals surface area contributed by atoms with Gasteiger partial charge in [-0.05, 0) is 36.4 Å². The zero-order chi connectivity index (χ0) is 17.8. The van der Waals surface area contributed by atoms with E-state index in [0.29, 0.717) is 21.7 Å². The van der Waals surface area contributed by atoms with Gasteiger partial charge in [0.1, 0.15) is 0 Å². The molecule has 0 radical (unpaired) electrons. The average Bonchev–Trinajstić information content (AvgIpc) is 3.03. The molecule has 0 unspecified atom stereocenters. The van der Waals surface area contributed by atoms with Crippen molar-refractivity contribution in [3.8, 4) is 11.5 Å². The number of anilines is 1. The Morgan fingerprint density at radius 2 is 1.96 bits per heavy atom. The van der Waals surface area contributed by atoms with Crippen molar-refractivity contribution in [1.29, 1.82) is 0 Å². The van der Waals surface area contributed by atoms with Gasteiger partial charge in [-0.3, -0.25) is 10.1 Å². The molecule has 7 heteroatoms. The Hall–Kier alpha value is -2.31. The van der Waals surface area contributed by atoms with E-state index in [9.17, 15) is 4.79 Å². The van der Waals surface area contributed by atoms with E-state index in [1.807, 2.05) is 24.3 Å². The topological polar surface area (TPSA) is 68.0 Å². The van der Waals surface area contributed by atoms with Crippen molar-refractivity contribution >= 4 is 35.3 Å². The van der Waals surface area contributed by atoms with E-state index in [4.69, 9.17) is 16.0 Å². The van der Waals surface area contributed by atoms with E-state index in [0.717, 1.165) is 10.5 Å². The number of carbonyl (C=O) groups excluding carboxylic acids is 1. The molecule has 1 N–H and O–H groups in total. The highest BCUT2D eigenvalue weighted by atomic mass is 35.5.